The van der Waals surface area contributed by atoms with Crippen molar-refractivity contribution in [1.29, 1.82) is 0 Å². The lowest BCUT2D eigenvalue weighted by molar-refractivity contribution is -0.115. The standard InChI is InChI=1S/C22H23N7O3S/c23-20(31)16-5-1-2-6-17(16)26-19(30)13-15-14-33-21(25-15)27-22(32)29-11-9-28(10-12-29)18-7-3-4-8-24-18/h1-8,14H,9-13H2,(H2,23,31)(H,26,30)(H,25,27,32). The maximum absolute atomic E-state index is 12.6. The fourth-order valence-corrected chi connectivity index (χ4v) is 4.16. The van der Waals surface area contributed by atoms with Crippen LogP contribution in [0.3, 0.4) is 0 Å². The summed E-state index contributed by atoms with van der Waals surface area (Å²) in [5.41, 5.74) is 6.45. The SMILES string of the molecule is NC(=O)c1ccccc1NC(=O)Cc1csc(NC(=O)N2CCN(c3ccccn3)CC2)n1. The summed E-state index contributed by atoms with van der Waals surface area (Å²) in [5.74, 6) is -0.0539. The van der Waals surface area contributed by atoms with Crippen molar-refractivity contribution < 1.29 is 14.4 Å². The van der Waals surface area contributed by atoms with Crippen LogP contribution < -0.4 is 21.3 Å². The smallest absolute Gasteiger partial charge is 0.323 e. The van der Waals surface area contributed by atoms with Gasteiger partial charge in [-0.1, -0.05) is 18.2 Å². The number of piperazine rings is 1. The molecule has 4 rings (SSSR count). The summed E-state index contributed by atoms with van der Waals surface area (Å²) in [6, 6.07) is 12.1. The summed E-state index contributed by atoms with van der Waals surface area (Å²) in [4.78, 5) is 49.0. The first kappa shape index (κ1) is 22.2. The molecule has 170 valence electrons. The molecule has 0 saturated carbocycles. The maximum atomic E-state index is 12.6. The monoisotopic (exact) mass is 465 g/mol. The molecule has 11 heteroatoms. The second-order valence-corrected chi connectivity index (χ2v) is 8.23. The molecule has 10 nitrogen and oxygen atoms in total. The van der Waals surface area contributed by atoms with E-state index in [0.717, 1.165) is 5.82 Å². The summed E-state index contributed by atoms with van der Waals surface area (Å²) in [5, 5.41) is 7.62. The predicted octanol–water partition coefficient (Wildman–Crippen LogP) is 2.17. The van der Waals surface area contributed by atoms with Crippen molar-refractivity contribution >= 4 is 45.8 Å². The van der Waals surface area contributed by atoms with E-state index in [2.05, 4.69) is 25.5 Å². The lowest BCUT2D eigenvalue weighted by Gasteiger charge is -2.35. The number of hydrogen-bond acceptors (Lipinski definition) is 7. The van der Waals surface area contributed by atoms with Crippen LogP contribution in [0.5, 0.6) is 0 Å². The lowest BCUT2D eigenvalue weighted by Crippen LogP contribution is -2.50. The molecule has 1 fully saturated rings. The molecule has 0 radical (unpaired) electrons. The van der Waals surface area contributed by atoms with Gasteiger partial charge in [0.15, 0.2) is 5.13 Å². The van der Waals surface area contributed by atoms with Crippen molar-refractivity contribution in [3.8, 4) is 0 Å². The third kappa shape index (κ3) is 5.63. The van der Waals surface area contributed by atoms with Crippen LogP contribution in [-0.4, -0.2) is 58.9 Å². The number of carbonyl (C=O) groups is 3. The Hall–Kier alpha value is -3.99. The van der Waals surface area contributed by atoms with E-state index in [0.29, 0.717) is 42.7 Å². The van der Waals surface area contributed by atoms with Crippen molar-refractivity contribution in [3.05, 3.63) is 65.3 Å². The molecule has 4 N–H and O–H groups in total. The number of rotatable bonds is 6. The Morgan fingerprint density at radius 1 is 1.00 bits per heavy atom. The maximum Gasteiger partial charge on any atom is 0.323 e. The van der Waals surface area contributed by atoms with Crippen molar-refractivity contribution in [2.45, 2.75) is 6.42 Å². The first-order valence-corrected chi connectivity index (χ1v) is 11.2. The third-order valence-corrected chi connectivity index (χ3v) is 5.92. The van der Waals surface area contributed by atoms with Crippen LogP contribution in [0.2, 0.25) is 0 Å². The van der Waals surface area contributed by atoms with Crippen LogP contribution >= 0.6 is 11.3 Å². The van der Waals surface area contributed by atoms with Gasteiger partial charge >= 0.3 is 6.03 Å². The molecule has 1 saturated heterocycles. The van der Waals surface area contributed by atoms with Crippen LogP contribution in [-0.2, 0) is 11.2 Å². The third-order valence-electron chi connectivity index (χ3n) is 5.11. The van der Waals surface area contributed by atoms with Crippen molar-refractivity contribution in [3.63, 3.8) is 0 Å². The minimum atomic E-state index is -0.620. The molecule has 1 aromatic carbocycles. The number of pyridine rings is 1. The Morgan fingerprint density at radius 3 is 2.48 bits per heavy atom. The molecule has 0 atom stereocenters. The van der Waals surface area contributed by atoms with Gasteiger partial charge in [-0.2, -0.15) is 0 Å². The van der Waals surface area contributed by atoms with Crippen molar-refractivity contribution in [2.24, 2.45) is 5.73 Å². The number of hydrogen-bond donors (Lipinski definition) is 3. The normalized spacial score (nSPS) is 13.5. The van der Waals surface area contributed by atoms with E-state index >= 15 is 0 Å². The van der Waals surface area contributed by atoms with Gasteiger partial charge < -0.3 is 20.9 Å². The summed E-state index contributed by atoms with van der Waals surface area (Å²) in [6.45, 7) is 2.53. The number of carbonyl (C=O) groups excluding carboxylic acids is 3. The van der Waals surface area contributed by atoms with Crippen LogP contribution in [0, 0.1) is 0 Å². The van der Waals surface area contributed by atoms with Crippen molar-refractivity contribution in [1.82, 2.24) is 14.9 Å². The molecule has 0 unspecified atom stereocenters. The van der Waals surface area contributed by atoms with Crippen LogP contribution in [0.4, 0.5) is 21.4 Å². The van der Waals surface area contributed by atoms with Gasteiger partial charge in [0, 0.05) is 37.8 Å². The van der Waals surface area contributed by atoms with Gasteiger partial charge in [0.05, 0.1) is 23.4 Å². The fraction of sp³-hybridized carbons (Fsp3) is 0.227. The van der Waals surface area contributed by atoms with Gasteiger partial charge in [0.1, 0.15) is 5.82 Å². The number of para-hydroxylation sites is 1. The van der Waals surface area contributed by atoms with Gasteiger partial charge in [0.25, 0.3) is 5.91 Å². The molecule has 1 aliphatic rings. The zero-order chi connectivity index (χ0) is 23.2. The van der Waals surface area contributed by atoms with Gasteiger partial charge in [-0.15, -0.1) is 11.3 Å². The predicted molar refractivity (Wildman–Crippen MR) is 126 cm³/mol. The van der Waals surface area contributed by atoms with Crippen LogP contribution in [0.25, 0.3) is 0 Å². The lowest BCUT2D eigenvalue weighted by atomic mass is 10.1. The summed E-state index contributed by atoms with van der Waals surface area (Å²) in [6.07, 6.45) is 1.76. The highest BCUT2D eigenvalue weighted by molar-refractivity contribution is 7.13. The van der Waals surface area contributed by atoms with E-state index in [1.165, 1.54) is 11.3 Å². The van der Waals surface area contributed by atoms with E-state index in [4.69, 9.17) is 5.73 Å². The highest BCUT2D eigenvalue weighted by Crippen LogP contribution is 2.19. The van der Waals surface area contributed by atoms with Crippen molar-refractivity contribution in [2.75, 3.05) is 41.7 Å². The number of anilines is 3. The second-order valence-electron chi connectivity index (χ2n) is 7.37. The number of nitrogens with two attached hydrogens (primary N) is 1. The fourth-order valence-electron chi connectivity index (χ4n) is 3.46. The number of nitrogens with zero attached hydrogens (tertiary/aromatic N) is 4. The minimum Gasteiger partial charge on any atom is -0.366 e. The molecule has 2 aromatic heterocycles. The summed E-state index contributed by atoms with van der Waals surface area (Å²) in [7, 11) is 0. The van der Waals surface area contributed by atoms with Gasteiger partial charge in [-0.25, -0.2) is 14.8 Å². The zero-order valence-corrected chi connectivity index (χ0v) is 18.5. The summed E-state index contributed by atoms with van der Waals surface area (Å²) < 4.78 is 0. The second kappa shape index (κ2) is 10.1. The first-order valence-electron chi connectivity index (χ1n) is 10.3. The Labute approximate surface area is 194 Å². The number of nitrogens with one attached hydrogen (secondary N) is 2. The van der Waals surface area contributed by atoms with E-state index in [1.54, 1.807) is 40.7 Å². The average molecular weight is 466 g/mol. The quantitative estimate of drug-likeness (QED) is 0.511. The molecule has 0 aliphatic carbocycles. The average Bonchev–Trinajstić information content (AvgIpc) is 3.26. The van der Waals surface area contributed by atoms with Gasteiger partial charge in [-0.05, 0) is 24.3 Å². The molecule has 33 heavy (non-hydrogen) atoms. The molecule has 3 heterocycles. The van der Waals surface area contributed by atoms with E-state index in [9.17, 15) is 14.4 Å². The Kier molecular flexibility index (Phi) is 6.79. The summed E-state index contributed by atoms with van der Waals surface area (Å²) >= 11 is 1.25. The minimum absolute atomic E-state index is 0.00220. The van der Waals surface area contributed by atoms with Gasteiger partial charge in [-0.3, -0.25) is 14.9 Å². The number of benzene rings is 1. The highest BCUT2D eigenvalue weighted by atomic mass is 32.1. The Morgan fingerprint density at radius 2 is 1.76 bits per heavy atom. The molecular formula is C22H23N7O3S. The Bertz CT molecular complexity index is 1140. The molecule has 3 aromatic rings. The first-order chi connectivity index (χ1) is 16.0. The van der Waals surface area contributed by atoms with E-state index in [1.807, 2.05) is 18.2 Å². The number of aromatic nitrogens is 2. The molecule has 0 bridgehead atoms. The van der Waals surface area contributed by atoms with Crippen LogP contribution in [0.1, 0.15) is 16.1 Å². The van der Waals surface area contributed by atoms with Crippen LogP contribution in [0.15, 0.2) is 54.0 Å². The molecule has 4 amide bonds. The Balaban J connectivity index is 1.28. The van der Waals surface area contributed by atoms with E-state index in [-0.39, 0.29) is 23.9 Å². The number of thiazole rings is 1. The number of urea groups is 1. The molecular weight excluding hydrogens is 442 g/mol. The zero-order valence-electron chi connectivity index (χ0n) is 17.7. The van der Waals surface area contributed by atoms with E-state index < -0.39 is 5.91 Å². The molecule has 0 spiro atoms. The van der Waals surface area contributed by atoms with Gasteiger partial charge in [0.2, 0.25) is 5.91 Å². The number of primary amides is 1. The number of amides is 4. The topological polar surface area (TPSA) is 134 Å². The highest BCUT2D eigenvalue weighted by Gasteiger charge is 2.22. The largest absolute Gasteiger partial charge is 0.366 e. The molecule has 1 aliphatic heterocycles.